The molecule has 10 heteroatoms. The van der Waals surface area contributed by atoms with Gasteiger partial charge in [0.25, 0.3) is 0 Å². The molecule has 1 aliphatic heterocycles. The first kappa shape index (κ1) is 27.4. The Balaban J connectivity index is 1.80. The SMILES string of the molecule is CCCN1C(=O)N[C@H](c2ccc(NC(=O)Nc3cccc(Cl)c3Cl)cc2)C(C(=O)OCC(C)C)=C1C. The number of nitrogens with zero attached hydrogens (tertiary/aromatic N) is 1. The number of carbonyl (C=O) groups excluding carboxylic acids is 3. The predicted molar refractivity (Wildman–Crippen MR) is 142 cm³/mol. The first-order chi connectivity index (χ1) is 17.1. The van der Waals surface area contributed by atoms with Crippen LogP contribution >= 0.6 is 23.2 Å². The van der Waals surface area contributed by atoms with Crippen LogP contribution in [-0.4, -0.2) is 36.1 Å². The number of esters is 1. The molecule has 36 heavy (non-hydrogen) atoms. The third-order valence-corrected chi connectivity index (χ3v) is 6.33. The number of hydrogen-bond acceptors (Lipinski definition) is 4. The van der Waals surface area contributed by atoms with Crippen molar-refractivity contribution < 1.29 is 19.1 Å². The van der Waals surface area contributed by atoms with Crippen LogP contribution in [0.5, 0.6) is 0 Å². The maximum Gasteiger partial charge on any atom is 0.338 e. The highest BCUT2D eigenvalue weighted by molar-refractivity contribution is 6.44. The van der Waals surface area contributed by atoms with Crippen LogP contribution in [0.1, 0.15) is 45.7 Å². The maximum absolute atomic E-state index is 13.0. The van der Waals surface area contributed by atoms with Gasteiger partial charge in [-0.15, -0.1) is 0 Å². The van der Waals surface area contributed by atoms with Crippen molar-refractivity contribution in [3.8, 4) is 0 Å². The monoisotopic (exact) mass is 532 g/mol. The van der Waals surface area contributed by atoms with Crippen LogP contribution in [0.15, 0.2) is 53.7 Å². The number of hydrogen-bond donors (Lipinski definition) is 3. The number of benzene rings is 2. The van der Waals surface area contributed by atoms with Crippen molar-refractivity contribution in [3.63, 3.8) is 0 Å². The van der Waals surface area contributed by atoms with Gasteiger partial charge in [0, 0.05) is 17.9 Å². The minimum atomic E-state index is -0.682. The molecule has 0 bridgehead atoms. The number of nitrogens with one attached hydrogen (secondary N) is 3. The molecule has 0 saturated heterocycles. The molecule has 8 nitrogen and oxygen atoms in total. The van der Waals surface area contributed by atoms with E-state index < -0.39 is 18.0 Å². The van der Waals surface area contributed by atoms with Crippen LogP contribution in [0.4, 0.5) is 21.0 Å². The molecule has 0 saturated carbocycles. The highest BCUT2D eigenvalue weighted by Crippen LogP contribution is 2.33. The van der Waals surface area contributed by atoms with E-state index in [4.69, 9.17) is 27.9 Å². The van der Waals surface area contributed by atoms with Crippen LogP contribution in [0.25, 0.3) is 0 Å². The smallest absolute Gasteiger partial charge is 0.338 e. The number of anilines is 2. The largest absolute Gasteiger partial charge is 0.462 e. The summed E-state index contributed by atoms with van der Waals surface area (Å²) in [5.74, 6) is -0.288. The van der Waals surface area contributed by atoms with Crippen LogP contribution in [-0.2, 0) is 9.53 Å². The zero-order valence-corrected chi connectivity index (χ0v) is 22.2. The van der Waals surface area contributed by atoms with Gasteiger partial charge in [0.05, 0.1) is 34.0 Å². The Kier molecular flexibility index (Phi) is 9.23. The fraction of sp³-hybridized carbons (Fsp3) is 0.346. The van der Waals surface area contributed by atoms with Gasteiger partial charge in [-0.05, 0) is 49.1 Å². The number of carbonyl (C=O) groups is 3. The third kappa shape index (κ3) is 6.50. The lowest BCUT2D eigenvalue weighted by Crippen LogP contribution is -2.48. The lowest BCUT2D eigenvalue weighted by atomic mass is 9.94. The van der Waals surface area contributed by atoms with Crippen LogP contribution < -0.4 is 16.0 Å². The second-order valence-corrected chi connectivity index (χ2v) is 9.61. The van der Waals surface area contributed by atoms with Gasteiger partial charge in [-0.1, -0.05) is 62.2 Å². The summed E-state index contributed by atoms with van der Waals surface area (Å²) in [4.78, 5) is 39.8. The second-order valence-electron chi connectivity index (χ2n) is 8.83. The molecule has 1 atom stereocenters. The lowest BCUT2D eigenvalue weighted by Gasteiger charge is -2.35. The number of urea groups is 2. The second kappa shape index (κ2) is 12.1. The number of ether oxygens (including phenoxy) is 1. The highest BCUT2D eigenvalue weighted by atomic mass is 35.5. The van der Waals surface area contributed by atoms with Gasteiger partial charge in [0.15, 0.2) is 0 Å². The topological polar surface area (TPSA) is 99.8 Å². The zero-order chi connectivity index (χ0) is 26.4. The van der Waals surface area contributed by atoms with Gasteiger partial charge in [0.1, 0.15) is 0 Å². The van der Waals surface area contributed by atoms with E-state index in [2.05, 4.69) is 16.0 Å². The summed E-state index contributed by atoms with van der Waals surface area (Å²) < 4.78 is 5.52. The van der Waals surface area contributed by atoms with Crippen molar-refractivity contribution >= 4 is 52.6 Å². The average molecular weight is 533 g/mol. The first-order valence-electron chi connectivity index (χ1n) is 11.7. The fourth-order valence-corrected chi connectivity index (χ4v) is 4.10. The molecule has 2 aromatic carbocycles. The maximum atomic E-state index is 13.0. The van der Waals surface area contributed by atoms with Crippen LogP contribution in [0.3, 0.4) is 0 Å². The molecule has 0 aromatic heterocycles. The van der Waals surface area contributed by atoms with Crippen molar-refractivity contribution in [1.82, 2.24) is 10.2 Å². The number of amides is 4. The standard InChI is InChI=1S/C26H30Cl2N4O4/c1-5-13-32-16(4)21(24(33)36-14-15(2)3)23(31-26(32)35)17-9-11-18(12-10-17)29-25(34)30-20-8-6-7-19(27)22(20)28/h6-12,15,23H,5,13-14H2,1-4H3,(H,31,35)(H2,29,30,34)/t23-/m1/s1. The van der Waals surface area contributed by atoms with Crippen molar-refractivity contribution in [2.24, 2.45) is 5.92 Å². The Morgan fingerprint density at radius 3 is 2.44 bits per heavy atom. The molecule has 1 aliphatic rings. The summed E-state index contributed by atoms with van der Waals surface area (Å²) in [6.07, 6.45) is 0.743. The Labute approximate surface area is 221 Å². The van der Waals surface area contributed by atoms with Crippen molar-refractivity contribution in [2.75, 3.05) is 23.8 Å². The Hall–Kier alpha value is -3.23. The lowest BCUT2D eigenvalue weighted by molar-refractivity contribution is -0.140. The van der Waals surface area contributed by atoms with E-state index in [1.165, 1.54) is 0 Å². The van der Waals surface area contributed by atoms with Gasteiger partial charge in [-0.2, -0.15) is 0 Å². The summed E-state index contributed by atoms with van der Waals surface area (Å²) in [6.45, 7) is 8.40. The molecule has 0 fully saturated rings. The first-order valence-corrected chi connectivity index (χ1v) is 12.5. The Bertz CT molecular complexity index is 1170. The molecule has 192 valence electrons. The highest BCUT2D eigenvalue weighted by Gasteiger charge is 2.36. The number of halogens is 2. The molecular formula is C26H30Cl2N4O4. The fourth-order valence-electron chi connectivity index (χ4n) is 3.75. The third-order valence-electron chi connectivity index (χ3n) is 5.51. The van der Waals surface area contributed by atoms with Crippen molar-refractivity contribution in [2.45, 2.75) is 40.2 Å². The normalized spacial score (nSPS) is 15.6. The Morgan fingerprint density at radius 1 is 1.11 bits per heavy atom. The molecular weight excluding hydrogens is 503 g/mol. The molecule has 3 rings (SSSR count). The van der Waals surface area contributed by atoms with Crippen molar-refractivity contribution in [1.29, 1.82) is 0 Å². The molecule has 4 amide bonds. The van der Waals surface area contributed by atoms with E-state index in [0.29, 0.717) is 39.8 Å². The van der Waals surface area contributed by atoms with E-state index in [-0.39, 0.29) is 23.6 Å². The molecule has 0 spiro atoms. The summed E-state index contributed by atoms with van der Waals surface area (Å²) in [7, 11) is 0. The van der Waals surface area contributed by atoms with Crippen molar-refractivity contribution in [3.05, 3.63) is 69.3 Å². The summed E-state index contributed by atoms with van der Waals surface area (Å²) in [5.41, 5.74) is 2.52. The minimum absolute atomic E-state index is 0.177. The zero-order valence-electron chi connectivity index (χ0n) is 20.7. The summed E-state index contributed by atoms with van der Waals surface area (Å²) in [5, 5.41) is 8.87. The van der Waals surface area contributed by atoms with Gasteiger partial charge in [0.2, 0.25) is 0 Å². The van der Waals surface area contributed by atoms with E-state index >= 15 is 0 Å². The van der Waals surface area contributed by atoms with E-state index in [0.717, 1.165) is 6.42 Å². The minimum Gasteiger partial charge on any atom is -0.462 e. The summed E-state index contributed by atoms with van der Waals surface area (Å²) in [6, 6.07) is 10.3. The quantitative estimate of drug-likeness (QED) is 0.334. The molecule has 2 aromatic rings. The Morgan fingerprint density at radius 2 is 1.81 bits per heavy atom. The number of rotatable bonds is 8. The van der Waals surface area contributed by atoms with Crippen LogP contribution in [0, 0.1) is 5.92 Å². The van der Waals surface area contributed by atoms with Gasteiger partial charge < -0.3 is 20.7 Å². The molecule has 0 unspecified atom stereocenters. The van der Waals surface area contributed by atoms with E-state index in [1.807, 2.05) is 20.8 Å². The molecule has 0 radical (unpaired) electrons. The predicted octanol–water partition coefficient (Wildman–Crippen LogP) is 6.59. The number of allylic oxidation sites excluding steroid dienone is 1. The van der Waals surface area contributed by atoms with Gasteiger partial charge in [-0.25, -0.2) is 14.4 Å². The molecule has 1 heterocycles. The van der Waals surface area contributed by atoms with E-state index in [9.17, 15) is 14.4 Å². The van der Waals surface area contributed by atoms with E-state index in [1.54, 1.807) is 54.3 Å². The van der Waals surface area contributed by atoms with Gasteiger partial charge >= 0.3 is 18.0 Å². The van der Waals surface area contributed by atoms with Crippen LogP contribution in [0.2, 0.25) is 10.0 Å². The summed E-state index contributed by atoms with van der Waals surface area (Å²) >= 11 is 12.1. The van der Waals surface area contributed by atoms with Gasteiger partial charge in [-0.3, -0.25) is 4.90 Å². The molecule has 3 N–H and O–H groups in total. The average Bonchev–Trinajstić information content (AvgIpc) is 2.83. The molecule has 0 aliphatic carbocycles.